The third kappa shape index (κ3) is 3.97. The van der Waals surface area contributed by atoms with Crippen molar-refractivity contribution in [3.8, 4) is 17.3 Å². The highest BCUT2D eigenvalue weighted by molar-refractivity contribution is 7.98. The number of aromatic nitrogens is 2. The van der Waals surface area contributed by atoms with Gasteiger partial charge in [-0.2, -0.15) is 5.26 Å². The molecule has 26 heavy (non-hydrogen) atoms. The first-order chi connectivity index (χ1) is 12.5. The lowest BCUT2D eigenvalue weighted by Crippen LogP contribution is -2.32. The van der Waals surface area contributed by atoms with E-state index in [-0.39, 0.29) is 17.1 Å². The molecule has 0 spiro atoms. The average Bonchev–Trinajstić information content (AvgIpc) is 2.64. The second-order valence-electron chi connectivity index (χ2n) is 6.68. The Morgan fingerprint density at radius 3 is 2.77 bits per heavy atom. The van der Waals surface area contributed by atoms with Crippen LogP contribution in [0.15, 0.2) is 28.2 Å². The van der Waals surface area contributed by atoms with Gasteiger partial charge in [-0.1, -0.05) is 30.8 Å². The number of benzene rings is 1. The summed E-state index contributed by atoms with van der Waals surface area (Å²) in [4.78, 5) is 21.1. The molecule has 0 amide bonds. The Hall–Kier alpha value is -2.17. The van der Waals surface area contributed by atoms with Crippen LogP contribution < -0.4 is 5.56 Å². The topological polar surface area (TPSA) is 72.8 Å². The van der Waals surface area contributed by atoms with Crippen molar-refractivity contribution < 1.29 is 4.39 Å². The zero-order valence-electron chi connectivity index (χ0n) is 14.9. The van der Waals surface area contributed by atoms with Gasteiger partial charge in [-0.05, 0) is 44.2 Å². The van der Waals surface area contributed by atoms with E-state index in [0.717, 1.165) is 31.8 Å². The first kappa shape index (κ1) is 18.6. The number of piperidine rings is 1. The third-order valence-corrected chi connectivity index (χ3v) is 5.38. The largest absolute Gasteiger partial charge is 0.300 e. The molecule has 0 atom stereocenters. The summed E-state index contributed by atoms with van der Waals surface area (Å²) >= 11 is 1.27. The molecule has 0 bridgehead atoms. The SMILES string of the molecule is CSc1nc(-c2ccc(CN3CCC(C)CC3)c(F)c2)c(C#N)c(=O)[nH]1. The van der Waals surface area contributed by atoms with Crippen LogP contribution in [0.1, 0.15) is 30.9 Å². The van der Waals surface area contributed by atoms with Gasteiger partial charge >= 0.3 is 0 Å². The van der Waals surface area contributed by atoms with Crippen molar-refractivity contribution in [2.45, 2.75) is 31.5 Å². The van der Waals surface area contributed by atoms with Crippen molar-refractivity contribution in [3.63, 3.8) is 0 Å². The molecule has 1 saturated heterocycles. The second kappa shape index (κ2) is 8.02. The number of H-pyrrole nitrogens is 1. The summed E-state index contributed by atoms with van der Waals surface area (Å²) in [6.45, 7) is 4.78. The van der Waals surface area contributed by atoms with Crippen LogP contribution in [-0.4, -0.2) is 34.2 Å². The maximum atomic E-state index is 14.7. The summed E-state index contributed by atoms with van der Waals surface area (Å²) in [6, 6.07) is 6.70. The molecule has 136 valence electrons. The summed E-state index contributed by atoms with van der Waals surface area (Å²) in [5.74, 6) is 0.397. The van der Waals surface area contributed by atoms with Crippen LogP contribution in [-0.2, 0) is 6.54 Å². The minimum Gasteiger partial charge on any atom is -0.300 e. The number of likely N-dealkylation sites (tertiary alicyclic amines) is 1. The van der Waals surface area contributed by atoms with Gasteiger partial charge in [0.05, 0.1) is 5.69 Å². The van der Waals surface area contributed by atoms with Crippen LogP contribution in [0.5, 0.6) is 0 Å². The van der Waals surface area contributed by atoms with Gasteiger partial charge in [0, 0.05) is 17.7 Å². The molecule has 5 nitrogen and oxygen atoms in total. The van der Waals surface area contributed by atoms with Gasteiger partial charge in [0.15, 0.2) is 5.16 Å². The van der Waals surface area contributed by atoms with Gasteiger partial charge in [0.1, 0.15) is 17.4 Å². The lowest BCUT2D eigenvalue weighted by atomic mass is 9.98. The normalized spacial score (nSPS) is 15.8. The van der Waals surface area contributed by atoms with E-state index in [1.165, 1.54) is 17.8 Å². The number of hydrogen-bond donors (Lipinski definition) is 1. The van der Waals surface area contributed by atoms with E-state index in [9.17, 15) is 14.4 Å². The Bertz CT molecular complexity index is 897. The highest BCUT2D eigenvalue weighted by Gasteiger charge is 2.18. The molecular formula is C19H21FN4OS. The Balaban J connectivity index is 1.89. The average molecular weight is 372 g/mol. The molecule has 0 radical (unpaired) electrons. The highest BCUT2D eigenvalue weighted by Crippen LogP contribution is 2.25. The molecule has 0 saturated carbocycles. The first-order valence-electron chi connectivity index (χ1n) is 8.61. The molecular weight excluding hydrogens is 351 g/mol. The third-order valence-electron chi connectivity index (χ3n) is 4.80. The number of nitriles is 1. The maximum Gasteiger partial charge on any atom is 0.270 e. The van der Waals surface area contributed by atoms with Gasteiger partial charge in [-0.3, -0.25) is 9.69 Å². The first-order valence-corrected chi connectivity index (χ1v) is 9.84. The van der Waals surface area contributed by atoms with E-state index in [2.05, 4.69) is 21.8 Å². The maximum absolute atomic E-state index is 14.7. The predicted molar refractivity (Wildman–Crippen MR) is 100 cm³/mol. The predicted octanol–water partition coefficient (Wildman–Crippen LogP) is 3.40. The van der Waals surface area contributed by atoms with Crippen LogP contribution in [0, 0.1) is 23.1 Å². The van der Waals surface area contributed by atoms with E-state index in [1.54, 1.807) is 18.4 Å². The Labute approximate surface area is 156 Å². The molecule has 7 heteroatoms. The van der Waals surface area contributed by atoms with Crippen LogP contribution in [0.2, 0.25) is 0 Å². The summed E-state index contributed by atoms with van der Waals surface area (Å²) in [5, 5.41) is 9.67. The molecule has 1 fully saturated rings. The van der Waals surface area contributed by atoms with Crippen LogP contribution in [0.25, 0.3) is 11.3 Å². The number of thioether (sulfide) groups is 1. The van der Waals surface area contributed by atoms with E-state index in [1.807, 2.05) is 6.07 Å². The number of nitrogens with zero attached hydrogens (tertiary/aromatic N) is 3. The van der Waals surface area contributed by atoms with Gasteiger partial charge < -0.3 is 4.98 Å². The summed E-state index contributed by atoms with van der Waals surface area (Å²) < 4.78 is 14.7. The molecule has 1 aromatic carbocycles. The molecule has 3 rings (SSSR count). The zero-order valence-corrected chi connectivity index (χ0v) is 15.7. The quantitative estimate of drug-likeness (QED) is 0.658. The van der Waals surface area contributed by atoms with Gasteiger partial charge in [0.2, 0.25) is 0 Å². The highest BCUT2D eigenvalue weighted by atomic mass is 32.2. The summed E-state index contributed by atoms with van der Waals surface area (Å²) in [5.41, 5.74) is 0.680. The molecule has 2 heterocycles. The Kier molecular flexibility index (Phi) is 5.74. The molecule has 2 aromatic rings. The number of nitrogens with one attached hydrogen (secondary N) is 1. The van der Waals surface area contributed by atoms with Gasteiger partial charge in [0.25, 0.3) is 5.56 Å². The minimum absolute atomic E-state index is 0.0973. The van der Waals surface area contributed by atoms with E-state index in [0.29, 0.717) is 22.8 Å². The van der Waals surface area contributed by atoms with Crippen molar-refractivity contribution in [1.82, 2.24) is 14.9 Å². The number of halogens is 1. The molecule has 0 unspecified atom stereocenters. The van der Waals surface area contributed by atoms with Crippen LogP contribution in [0.3, 0.4) is 0 Å². The smallest absolute Gasteiger partial charge is 0.270 e. The molecule has 1 aliphatic rings. The fourth-order valence-electron chi connectivity index (χ4n) is 3.15. The molecule has 1 aliphatic heterocycles. The Morgan fingerprint density at radius 1 is 1.42 bits per heavy atom. The molecule has 1 aromatic heterocycles. The second-order valence-corrected chi connectivity index (χ2v) is 7.47. The van der Waals surface area contributed by atoms with Crippen molar-refractivity contribution in [1.29, 1.82) is 5.26 Å². The molecule has 0 aliphatic carbocycles. The molecule has 1 N–H and O–H groups in total. The van der Waals surface area contributed by atoms with Crippen LogP contribution in [0.4, 0.5) is 4.39 Å². The van der Waals surface area contributed by atoms with Crippen molar-refractivity contribution in [3.05, 3.63) is 45.5 Å². The van der Waals surface area contributed by atoms with Gasteiger partial charge in [-0.15, -0.1) is 0 Å². The van der Waals surface area contributed by atoms with Crippen molar-refractivity contribution >= 4 is 11.8 Å². The zero-order chi connectivity index (χ0) is 18.7. The monoisotopic (exact) mass is 372 g/mol. The van der Waals surface area contributed by atoms with E-state index in [4.69, 9.17) is 0 Å². The number of aromatic amines is 1. The lowest BCUT2D eigenvalue weighted by Gasteiger charge is -2.30. The van der Waals surface area contributed by atoms with E-state index >= 15 is 0 Å². The summed E-state index contributed by atoms with van der Waals surface area (Å²) in [6.07, 6.45) is 4.05. The van der Waals surface area contributed by atoms with Crippen molar-refractivity contribution in [2.24, 2.45) is 5.92 Å². The number of hydrogen-bond acceptors (Lipinski definition) is 5. The van der Waals surface area contributed by atoms with Crippen LogP contribution >= 0.6 is 11.8 Å². The number of rotatable bonds is 4. The van der Waals surface area contributed by atoms with Gasteiger partial charge in [-0.25, -0.2) is 9.37 Å². The fraction of sp³-hybridized carbons (Fsp3) is 0.421. The van der Waals surface area contributed by atoms with E-state index < -0.39 is 5.56 Å². The fourth-order valence-corrected chi connectivity index (χ4v) is 3.52. The lowest BCUT2D eigenvalue weighted by molar-refractivity contribution is 0.183. The standard InChI is InChI=1S/C19H21FN4OS/c1-12-5-7-24(8-6-12)11-14-4-3-13(9-16(14)20)17-15(10-21)18(25)23-19(22-17)26-2/h3-4,9,12H,5-8,11H2,1-2H3,(H,22,23,25). The Morgan fingerprint density at radius 2 is 2.15 bits per heavy atom. The summed E-state index contributed by atoms with van der Waals surface area (Å²) in [7, 11) is 0. The minimum atomic E-state index is -0.506. The van der Waals surface area contributed by atoms with Crippen molar-refractivity contribution in [2.75, 3.05) is 19.3 Å².